The molecule has 0 N–H and O–H groups in total. The normalized spacial score (nSPS) is 18.7. The fraction of sp³-hybridized carbons (Fsp3) is 0.250. The van der Waals surface area contributed by atoms with Crippen LogP contribution in [0.2, 0.25) is 5.02 Å². The maximum absolute atomic E-state index is 13.1. The third kappa shape index (κ3) is 5.17. The molecule has 1 aliphatic rings. The lowest BCUT2D eigenvalue weighted by Gasteiger charge is -2.27. The molecule has 27 heavy (non-hydrogen) atoms. The summed E-state index contributed by atoms with van der Waals surface area (Å²) in [4.78, 5) is 14.4. The quantitative estimate of drug-likeness (QED) is 0.710. The van der Waals surface area contributed by atoms with Gasteiger partial charge in [0, 0.05) is 23.7 Å². The maximum atomic E-state index is 13.1. The molecule has 0 spiro atoms. The van der Waals surface area contributed by atoms with E-state index in [4.69, 9.17) is 11.6 Å². The Morgan fingerprint density at radius 3 is 2.52 bits per heavy atom. The summed E-state index contributed by atoms with van der Waals surface area (Å²) in [6.45, 7) is 0.214. The minimum atomic E-state index is -3.15. The zero-order valence-electron chi connectivity index (χ0n) is 14.5. The van der Waals surface area contributed by atoms with Gasteiger partial charge in [-0.1, -0.05) is 41.9 Å². The Labute approximate surface area is 163 Å². The summed E-state index contributed by atoms with van der Waals surface area (Å²) in [5.74, 6) is -0.654. The molecule has 1 fully saturated rings. The Hall–Kier alpha value is -2.18. The van der Waals surface area contributed by atoms with Crippen molar-refractivity contribution in [3.05, 3.63) is 76.6 Å². The zero-order chi connectivity index (χ0) is 19.4. The van der Waals surface area contributed by atoms with Crippen LogP contribution >= 0.6 is 11.6 Å². The Kier molecular flexibility index (Phi) is 5.97. The van der Waals surface area contributed by atoms with E-state index in [2.05, 4.69) is 0 Å². The fourth-order valence-electron chi connectivity index (χ4n) is 3.06. The molecule has 1 aliphatic heterocycles. The van der Waals surface area contributed by atoms with E-state index in [1.807, 2.05) is 6.07 Å². The Morgan fingerprint density at radius 2 is 1.89 bits per heavy atom. The molecule has 0 bridgehead atoms. The summed E-state index contributed by atoms with van der Waals surface area (Å²) < 4.78 is 36.9. The number of hydrogen-bond acceptors (Lipinski definition) is 3. The van der Waals surface area contributed by atoms with Crippen LogP contribution in [0.25, 0.3) is 6.08 Å². The smallest absolute Gasteiger partial charge is 0.247 e. The second kappa shape index (κ2) is 8.23. The lowest BCUT2D eigenvalue weighted by molar-refractivity contribution is -0.128. The molecule has 0 aliphatic carbocycles. The van der Waals surface area contributed by atoms with Crippen LogP contribution in [0.4, 0.5) is 4.39 Å². The van der Waals surface area contributed by atoms with Gasteiger partial charge in [0.1, 0.15) is 5.82 Å². The van der Waals surface area contributed by atoms with Crippen LogP contribution in [0.3, 0.4) is 0 Å². The molecule has 142 valence electrons. The van der Waals surface area contributed by atoms with E-state index in [0.29, 0.717) is 17.0 Å². The van der Waals surface area contributed by atoms with Gasteiger partial charge in [-0.25, -0.2) is 12.8 Å². The third-order valence-corrected chi connectivity index (χ3v) is 6.60. The highest BCUT2D eigenvalue weighted by molar-refractivity contribution is 7.91. The lowest BCUT2D eigenvalue weighted by atomic mass is 10.1. The molecule has 0 aromatic heterocycles. The van der Waals surface area contributed by atoms with Crippen molar-refractivity contribution < 1.29 is 17.6 Å². The van der Waals surface area contributed by atoms with Crippen molar-refractivity contribution in [1.82, 2.24) is 4.90 Å². The third-order valence-electron chi connectivity index (χ3n) is 4.51. The first-order valence-corrected chi connectivity index (χ1v) is 10.7. The molecule has 2 aromatic carbocycles. The Morgan fingerprint density at radius 1 is 1.19 bits per heavy atom. The summed E-state index contributed by atoms with van der Waals surface area (Å²) in [6, 6.07) is 12.6. The molecule has 1 atom stereocenters. The van der Waals surface area contributed by atoms with Crippen molar-refractivity contribution >= 4 is 33.4 Å². The first-order chi connectivity index (χ1) is 12.8. The number of hydrogen-bond donors (Lipinski definition) is 0. The van der Waals surface area contributed by atoms with Crippen LogP contribution < -0.4 is 0 Å². The molecule has 2 aromatic rings. The van der Waals surface area contributed by atoms with Gasteiger partial charge in [0.2, 0.25) is 5.91 Å². The highest BCUT2D eigenvalue weighted by atomic mass is 35.5. The van der Waals surface area contributed by atoms with E-state index >= 15 is 0 Å². The number of nitrogens with zero attached hydrogens (tertiary/aromatic N) is 1. The highest BCUT2D eigenvalue weighted by Gasteiger charge is 2.34. The number of sulfone groups is 1. The standard InChI is InChI=1S/C20H19ClFNO3S/c21-19-4-2-1-3-16(19)7-10-20(24)23(18-11-12-27(25,26)14-18)13-15-5-8-17(22)9-6-15/h1-10,18H,11-14H2/b10-7+/t18-/m1/s1. The number of carbonyl (C=O) groups is 1. The van der Waals surface area contributed by atoms with Gasteiger partial charge in [-0.05, 0) is 41.8 Å². The molecule has 7 heteroatoms. The topological polar surface area (TPSA) is 54.5 Å². The monoisotopic (exact) mass is 407 g/mol. The van der Waals surface area contributed by atoms with Crippen LogP contribution in [-0.4, -0.2) is 36.8 Å². The summed E-state index contributed by atoms with van der Waals surface area (Å²) in [5, 5.41) is 0.523. The molecule has 0 saturated carbocycles. The summed E-state index contributed by atoms with van der Waals surface area (Å²) in [7, 11) is -3.15. The second-order valence-electron chi connectivity index (χ2n) is 6.50. The second-order valence-corrected chi connectivity index (χ2v) is 9.14. The molecule has 1 saturated heterocycles. The molecule has 1 amide bonds. The molecular weight excluding hydrogens is 389 g/mol. The molecular formula is C20H19ClFNO3S. The van der Waals surface area contributed by atoms with Crippen LogP contribution in [0, 0.1) is 5.82 Å². The van der Waals surface area contributed by atoms with Crippen LogP contribution in [0.1, 0.15) is 17.5 Å². The maximum Gasteiger partial charge on any atom is 0.247 e. The van der Waals surface area contributed by atoms with Crippen molar-refractivity contribution in [2.75, 3.05) is 11.5 Å². The van der Waals surface area contributed by atoms with Crippen LogP contribution in [-0.2, 0) is 21.2 Å². The highest BCUT2D eigenvalue weighted by Crippen LogP contribution is 2.22. The first kappa shape index (κ1) is 19.6. The van der Waals surface area contributed by atoms with Crippen molar-refractivity contribution in [3.8, 4) is 0 Å². The Balaban J connectivity index is 1.83. The fourth-order valence-corrected chi connectivity index (χ4v) is 4.99. The van der Waals surface area contributed by atoms with Gasteiger partial charge in [0.15, 0.2) is 9.84 Å². The lowest BCUT2D eigenvalue weighted by Crippen LogP contribution is -2.39. The number of amides is 1. The van der Waals surface area contributed by atoms with Crippen molar-refractivity contribution in [2.24, 2.45) is 0 Å². The molecule has 3 rings (SSSR count). The average Bonchev–Trinajstić information content (AvgIpc) is 3.00. The summed E-state index contributed by atoms with van der Waals surface area (Å²) in [6.07, 6.45) is 3.41. The van der Waals surface area contributed by atoms with Gasteiger partial charge in [0.05, 0.1) is 11.5 Å². The van der Waals surface area contributed by atoms with Gasteiger partial charge < -0.3 is 4.90 Å². The number of carbonyl (C=O) groups excluding carboxylic acids is 1. The van der Waals surface area contributed by atoms with Crippen molar-refractivity contribution in [3.63, 3.8) is 0 Å². The van der Waals surface area contributed by atoms with Gasteiger partial charge in [-0.3, -0.25) is 4.79 Å². The van der Waals surface area contributed by atoms with Gasteiger partial charge >= 0.3 is 0 Å². The van der Waals surface area contributed by atoms with Gasteiger partial charge in [-0.2, -0.15) is 0 Å². The minimum Gasteiger partial charge on any atom is -0.331 e. The number of benzene rings is 2. The van der Waals surface area contributed by atoms with Crippen molar-refractivity contribution in [1.29, 1.82) is 0 Å². The van der Waals surface area contributed by atoms with Crippen LogP contribution in [0.5, 0.6) is 0 Å². The van der Waals surface area contributed by atoms with E-state index in [9.17, 15) is 17.6 Å². The predicted molar refractivity (Wildman–Crippen MR) is 104 cm³/mol. The SMILES string of the molecule is O=C(/C=C/c1ccccc1Cl)N(Cc1ccc(F)cc1)[C@@H]1CCS(=O)(=O)C1. The number of halogens is 2. The average molecular weight is 408 g/mol. The first-order valence-electron chi connectivity index (χ1n) is 8.52. The molecule has 1 heterocycles. The zero-order valence-corrected chi connectivity index (χ0v) is 16.1. The van der Waals surface area contributed by atoms with Gasteiger partial charge in [-0.15, -0.1) is 0 Å². The number of rotatable bonds is 5. The van der Waals surface area contributed by atoms with Gasteiger partial charge in [0.25, 0.3) is 0 Å². The van der Waals surface area contributed by atoms with E-state index < -0.39 is 15.9 Å². The van der Waals surface area contributed by atoms with E-state index in [0.717, 1.165) is 5.56 Å². The van der Waals surface area contributed by atoms with E-state index in [1.165, 1.54) is 23.1 Å². The molecule has 4 nitrogen and oxygen atoms in total. The van der Waals surface area contributed by atoms with E-state index in [-0.39, 0.29) is 29.8 Å². The summed E-state index contributed by atoms with van der Waals surface area (Å²) >= 11 is 6.11. The summed E-state index contributed by atoms with van der Waals surface area (Å²) in [5.41, 5.74) is 1.44. The van der Waals surface area contributed by atoms with Crippen LogP contribution in [0.15, 0.2) is 54.6 Å². The minimum absolute atomic E-state index is 0.0557. The molecule has 0 unspecified atom stereocenters. The predicted octanol–water partition coefficient (Wildman–Crippen LogP) is 3.71. The van der Waals surface area contributed by atoms with E-state index in [1.54, 1.807) is 36.4 Å². The molecule has 0 radical (unpaired) electrons. The largest absolute Gasteiger partial charge is 0.331 e. The Bertz CT molecular complexity index is 957. The van der Waals surface area contributed by atoms with Crippen molar-refractivity contribution in [2.45, 2.75) is 19.0 Å².